The molecule has 24 rings (SSSR count). The molecule has 0 fully saturated rings. The minimum atomic E-state index is -0.887. The summed E-state index contributed by atoms with van der Waals surface area (Å²) in [5.74, 6) is 1.65. The molecule has 5 heteroatoms. The fraction of sp³-hybridized carbons (Fsp3) is 0.00826. The van der Waals surface area contributed by atoms with Gasteiger partial charge in [0, 0.05) is 61.8 Å². The Morgan fingerprint density at radius 3 is 0.841 bits per heavy atom. The van der Waals surface area contributed by atoms with Crippen LogP contribution in [0.15, 0.2) is 485 Å². The third-order valence-corrected chi connectivity index (χ3v) is 26.3. The second-order valence-corrected chi connectivity index (χ2v) is 33.3. The maximum absolute atomic E-state index is 7.16. The summed E-state index contributed by atoms with van der Waals surface area (Å²) >= 11 is 0. The Morgan fingerprint density at radius 2 is 0.460 bits per heavy atom. The van der Waals surface area contributed by atoms with Crippen molar-refractivity contribution >= 4 is 74.3 Å². The normalized spacial score (nSPS) is 12.8. The summed E-state index contributed by atoms with van der Waals surface area (Å²) in [5, 5.41) is 0. The molecule has 0 N–H and O–H groups in total. The number of anilines is 9. The Morgan fingerprint density at radius 1 is 0.175 bits per heavy atom. The molecule has 0 amide bonds. The van der Waals surface area contributed by atoms with Gasteiger partial charge in [0.15, 0.2) is 0 Å². The van der Waals surface area contributed by atoms with E-state index in [1.54, 1.807) is 0 Å². The molecule has 20 aromatic carbocycles. The first-order valence-corrected chi connectivity index (χ1v) is 43.5. The maximum atomic E-state index is 7.16. The van der Waals surface area contributed by atoms with E-state index in [1.807, 2.05) is 0 Å². The highest BCUT2D eigenvalue weighted by atomic mass is 16.5. The predicted molar refractivity (Wildman–Crippen MR) is 527 cm³/mol. The topological polar surface area (TPSA) is 19.0 Å². The van der Waals surface area contributed by atoms with Crippen LogP contribution in [0, 0.1) is 0 Å². The Balaban J connectivity index is 0.872. The summed E-state index contributed by atoms with van der Waals surface area (Å²) in [6.07, 6.45) is 0. The van der Waals surface area contributed by atoms with E-state index >= 15 is 0 Å². The van der Waals surface area contributed by atoms with E-state index in [-0.39, 0.29) is 6.71 Å². The number of hydrogen-bond donors (Lipinski definition) is 0. The molecule has 0 radical (unpaired) electrons. The number of fused-ring (bicyclic) bond motifs is 12. The standard InChI is InChI=1S/C121H80BN3O/c1-8-34-81(35-9-1)87-46-28-50-94(72-87)100-56-32-57-101(95-51-29-47-88(73-95)82-36-10-2-11-37-82)119(100)124-112-70-67-92(85-42-16-5-17-43-85)77-108(112)122-109-78-93(86-44-18-6-19-45-86)68-71-113(109)125(120-102(96-52-30-48-89(74-96)83-38-12-3-13-39-83)58-33-59-103(120)97-53-31-49-90(75-97)84-40-14-4-15-41-84)115-80-98(79-114(124)118(115)122)91-66-69-111-107(76-91)121(104-60-22-25-63-110(104)123(111)99-54-20-7-21-55-99)105-61-23-26-64-116(105)126-117-65-27-24-62-106(117)121/h1-80H. The van der Waals surface area contributed by atoms with Crippen LogP contribution in [0.2, 0.25) is 0 Å². The zero-order chi connectivity index (χ0) is 83.2. The highest BCUT2D eigenvalue weighted by Gasteiger charge is 2.52. The summed E-state index contributed by atoms with van der Waals surface area (Å²) in [7, 11) is 0. The Kier molecular flexibility index (Phi) is 17.9. The van der Waals surface area contributed by atoms with E-state index in [2.05, 4.69) is 500 Å². The van der Waals surface area contributed by atoms with Gasteiger partial charge in [-0.25, -0.2) is 0 Å². The van der Waals surface area contributed by atoms with Gasteiger partial charge in [0.1, 0.15) is 11.5 Å². The quantitative estimate of drug-likeness (QED) is 0.101. The average Bonchev–Trinajstić information content (AvgIpc) is 0.683. The van der Waals surface area contributed by atoms with Crippen molar-refractivity contribution in [3.05, 3.63) is 508 Å². The van der Waals surface area contributed by atoms with Gasteiger partial charge in [-0.1, -0.05) is 394 Å². The average molecular weight is 1600 g/mol. The molecule has 20 aromatic rings. The van der Waals surface area contributed by atoms with E-state index in [1.165, 1.54) is 16.4 Å². The highest BCUT2D eigenvalue weighted by Crippen LogP contribution is 2.64. The van der Waals surface area contributed by atoms with Crippen molar-refractivity contribution in [3.63, 3.8) is 0 Å². The minimum absolute atomic E-state index is 0.358. The molecule has 4 aliphatic heterocycles. The van der Waals surface area contributed by atoms with Gasteiger partial charge in [-0.05, 0) is 219 Å². The first kappa shape index (κ1) is 73.6. The van der Waals surface area contributed by atoms with Crippen LogP contribution in [-0.2, 0) is 5.41 Å². The smallest absolute Gasteiger partial charge is 0.252 e. The molecule has 1 spiro atoms. The van der Waals surface area contributed by atoms with Crippen LogP contribution in [0.25, 0.3) is 122 Å². The monoisotopic (exact) mass is 1600 g/mol. The van der Waals surface area contributed by atoms with E-state index in [0.29, 0.717) is 0 Å². The first-order valence-electron chi connectivity index (χ1n) is 43.5. The van der Waals surface area contributed by atoms with Crippen LogP contribution < -0.4 is 35.8 Å². The van der Waals surface area contributed by atoms with E-state index in [0.717, 1.165) is 207 Å². The van der Waals surface area contributed by atoms with Crippen molar-refractivity contribution < 1.29 is 4.74 Å². The Hall–Kier alpha value is -16.3. The van der Waals surface area contributed by atoms with Crippen LogP contribution in [0.5, 0.6) is 11.5 Å². The molecule has 0 saturated carbocycles. The van der Waals surface area contributed by atoms with Crippen molar-refractivity contribution in [2.75, 3.05) is 14.7 Å². The zero-order valence-electron chi connectivity index (χ0n) is 69.0. The lowest BCUT2D eigenvalue weighted by atomic mass is 9.33. The van der Waals surface area contributed by atoms with Crippen molar-refractivity contribution in [1.29, 1.82) is 0 Å². The molecule has 0 bridgehead atoms. The third kappa shape index (κ3) is 12.3. The summed E-state index contributed by atoms with van der Waals surface area (Å²) in [6, 6.07) is 181. The Bertz CT molecular complexity index is 7050. The molecular formula is C121H80BN3O. The molecule has 0 atom stereocenters. The minimum Gasteiger partial charge on any atom is -0.457 e. The van der Waals surface area contributed by atoms with Gasteiger partial charge in [-0.2, -0.15) is 0 Å². The lowest BCUT2D eigenvalue weighted by molar-refractivity contribution is 0.434. The van der Waals surface area contributed by atoms with Crippen molar-refractivity contribution in [3.8, 4) is 134 Å². The highest BCUT2D eigenvalue weighted by molar-refractivity contribution is 7.00. The molecular weight excluding hydrogens is 1520 g/mol. The summed E-state index contributed by atoms with van der Waals surface area (Å²) in [4.78, 5) is 7.91. The second-order valence-electron chi connectivity index (χ2n) is 33.3. The number of para-hydroxylation sites is 6. The van der Waals surface area contributed by atoms with Crippen LogP contribution >= 0.6 is 0 Å². The van der Waals surface area contributed by atoms with Gasteiger partial charge >= 0.3 is 0 Å². The number of nitrogens with zero attached hydrogens (tertiary/aromatic N) is 3. The maximum Gasteiger partial charge on any atom is 0.252 e. The van der Waals surface area contributed by atoms with Gasteiger partial charge in [-0.3, -0.25) is 0 Å². The van der Waals surface area contributed by atoms with Crippen molar-refractivity contribution in [2.24, 2.45) is 0 Å². The van der Waals surface area contributed by atoms with Crippen LogP contribution in [0.1, 0.15) is 22.3 Å². The van der Waals surface area contributed by atoms with E-state index in [9.17, 15) is 0 Å². The molecule has 0 saturated heterocycles. The molecule has 126 heavy (non-hydrogen) atoms. The lowest BCUT2D eigenvalue weighted by Crippen LogP contribution is -2.61. The zero-order valence-corrected chi connectivity index (χ0v) is 69.0. The fourth-order valence-corrected chi connectivity index (χ4v) is 20.7. The number of benzene rings is 20. The molecule has 4 heterocycles. The third-order valence-electron chi connectivity index (χ3n) is 26.3. The van der Waals surface area contributed by atoms with Crippen LogP contribution in [-0.4, -0.2) is 6.71 Å². The van der Waals surface area contributed by atoms with Gasteiger partial charge in [0.2, 0.25) is 0 Å². The van der Waals surface area contributed by atoms with Gasteiger partial charge in [0.05, 0.1) is 28.2 Å². The van der Waals surface area contributed by atoms with Crippen molar-refractivity contribution in [2.45, 2.75) is 5.41 Å². The Labute approximate surface area is 735 Å². The SMILES string of the molecule is c1ccc(-c2cccc(-c3cccc(-c4cccc(-c5ccccc5)c4)c3N3c4ccc(-c5ccccc5)cc4B4c5cc(-c6ccccc6)ccc5N(c5c(-c6cccc(-c7ccccc7)c6)cccc5-c5cccc(-c6ccccc6)c5)c5cc(-c6ccc7c(c6)C6(c8ccccc8Oc8ccccc86)c6ccccc6N7c6ccccc6)cc3c54)c2)cc1. The first-order chi connectivity index (χ1) is 62.5. The number of ether oxygens (including phenoxy) is 1. The van der Waals surface area contributed by atoms with E-state index in [4.69, 9.17) is 4.74 Å². The second kappa shape index (κ2) is 30.7. The lowest BCUT2D eigenvalue weighted by Gasteiger charge is -2.48. The fourth-order valence-electron chi connectivity index (χ4n) is 20.7. The molecule has 588 valence electrons. The van der Waals surface area contributed by atoms with Gasteiger partial charge < -0.3 is 19.4 Å². The molecule has 0 aromatic heterocycles. The van der Waals surface area contributed by atoms with Crippen molar-refractivity contribution in [1.82, 2.24) is 0 Å². The van der Waals surface area contributed by atoms with Crippen LogP contribution in [0.3, 0.4) is 0 Å². The summed E-state index contributed by atoms with van der Waals surface area (Å²) < 4.78 is 7.16. The number of hydrogen-bond acceptors (Lipinski definition) is 4. The van der Waals surface area contributed by atoms with Crippen LogP contribution in [0.4, 0.5) is 51.2 Å². The summed E-state index contributed by atoms with van der Waals surface area (Å²) in [6.45, 7) is -0.358. The van der Waals surface area contributed by atoms with Gasteiger partial charge in [-0.15, -0.1) is 0 Å². The van der Waals surface area contributed by atoms with Gasteiger partial charge in [0.25, 0.3) is 6.71 Å². The summed E-state index contributed by atoms with van der Waals surface area (Å²) in [5.41, 5.74) is 41.2. The van der Waals surface area contributed by atoms with E-state index < -0.39 is 5.41 Å². The predicted octanol–water partition coefficient (Wildman–Crippen LogP) is 30.4. The largest absolute Gasteiger partial charge is 0.457 e. The molecule has 0 aliphatic carbocycles. The molecule has 4 nitrogen and oxygen atoms in total. The molecule has 0 unspecified atom stereocenters. The molecule has 4 aliphatic rings. The number of rotatable bonds is 14.